The molecule has 0 aromatic carbocycles. The molecule has 1 unspecified atom stereocenters. The van der Waals surface area contributed by atoms with Crippen LogP contribution in [0.2, 0.25) is 0 Å². The summed E-state index contributed by atoms with van der Waals surface area (Å²) in [5, 5.41) is 4.38. The lowest BCUT2D eigenvalue weighted by Gasteiger charge is -2.32. The van der Waals surface area contributed by atoms with Gasteiger partial charge in [0, 0.05) is 31.0 Å². The average molecular weight is 310 g/mol. The van der Waals surface area contributed by atoms with Crippen LogP contribution in [-0.2, 0) is 4.74 Å². The third kappa shape index (κ3) is 2.59. The minimum absolute atomic E-state index is 0.214. The number of morpholine rings is 1. The minimum Gasteiger partial charge on any atom is -0.384 e. The zero-order chi connectivity index (χ0) is 15.8. The molecule has 4 rings (SSSR count). The Labute approximate surface area is 133 Å². The number of nitrogen functional groups attached to an aromatic ring is 1. The molecule has 1 saturated heterocycles. The van der Waals surface area contributed by atoms with Gasteiger partial charge in [-0.3, -0.25) is 0 Å². The van der Waals surface area contributed by atoms with Crippen LogP contribution >= 0.6 is 0 Å². The van der Waals surface area contributed by atoms with Gasteiger partial charge in [-0.25, -0.2) is 14.5 Å². The number of nitrogens with zero attached hydrogens (tertiary/aromatic N) is 5. The molecule has 1 aliphatic heterocycles. The lowest BCUT2D eigenvalue weighted by Crippen LogP contribution is -2.41. The Hall–Kier alpha value is -2.67. The highest BCUT2D eigenvalue weighted by Crippen LogP contribution is 2.26. The van der Waals surface area contributed by atoms with Crippen molar-refractivity contribution in [3.63, 3.8) is 0 Å². The van der Waals surface area contributed by atoms with Crippen molar-refractivity contribution in [2.45, 2.75) is 13.0 Å². The fourth-order valence-electron chi connectivity index (χ4n) is 2.88. The van der Waals surface area contributed by atoms with E-state index in [2.05, 4.69) is 21.9 Å². The molecule has 0 amide bonds. The summed E-state index contributed by atoms with van der Waals surface area (Å²) in [7, 11) is 0. The lowest BCUT2D eigenvalue weighted by molar-refractivity contribution is 0.0529. The quantitative estimate of drug-likeness (QED) is 0.774. The maximum atomic E-state index is 5.79. The second-order valence-corrected chi connectivity index (χ2v) is 5.71. The third-order valence-corrected chi connectivity index (χ3v) is 4.01. The highest BCUT2D eigenvalue weighted by Gasteiger charge is 2.19. The van der Waals surface area contributed by atoms with Gasteiger partial charge in [-0.05, 0) is 30.7 Å². The van der Waals surface area contributed by atoms with Crippen molar-refractivity contribution < 1.29 is 4.74 Å². The highest BCUT2D eigenvalue weighted by molar-refractivity contribution is 5.78. The van der Waals surface area contributed by atoms with Crippen molar-refractivity contribution in [2.24, 2.45) is 0 Å². The van der Waals surface area contributed by atoms with Gasteiger partial charge in [-0.15, -0.1) is 0 Å². The predicted octanol–water partition coefficient (Wildman–Crippen LogP) is 1.60. The van der Waals surface area contributed by atoms with Crippen molar-refractivity contribution in [3.8, 4) is 11.1 Å². The van der Waals surface area contributed by atoms with Crippen LogP contribution in [0.25, 0.3) is 16.8 Å². The van der Waals surface area contributed by atoms with Crippen molar-refractivity contribution in [1.29, 1.82) is 0 Å². The monoisotopic (exact) mass is 310 g/mol. The van der Waals surface area contributed by atoms with E-state index in [9.17, 15) is 0 Å². The Morgan fingerprint density at radius 2 is 2.26 bits per heavy atom. The van der Waals surface area contributed by atoms with Crippen LogP contribution in [0.5, 0.6) is 0 Å². The first-order chi connectivity index (χ1) is 11.2. The van der Waals surface area contributed by atoms with E-state index in [4.69, 9.17) is 15.5 Å². The fraction of sp³-hybridized carbons (Fsp3) is 0.312. The van der Waals surface area contributed by atoms with E-state index >= 15 is 0 Å². The molecule has 0 aliphatic carbocycles. The first-order valence-corrected chi connectivity index (χ1v) is 7.63. The highest BCUT2D eigenvalue weighted by atomic mass is 16.5. The first-order valence-electron chi connectivity index (χ1n) is 7.63. The molecule has 1 fully saturated rings. The van der Waals surface area contributed by atoms with Gasteiger partial charge in [0.05, 0.1) is 18.9 Å². The summed E-state index contributed by atoms with van der Waals surface area (Å²) in [6.45, 7) is 4.49. The summed E-state index contributed by atoms with van der Waals surface area (Å²) in [6.07, 6.45) is 5.65. The zero-order valence-electron chi connectivity index (χ0n) is 12.9. The molecule has 3 aromatic heterocycles. The molecule has 1 atom stereocenters. The van der Waals surface area contributed by atoms with Crippen LogP contribution in [0.4, 0.5) is 11.6 Å². The normalized spacial score (nSPS) is 18.5. The summed E-state index contributed by atoms with van der Waals surface area (Å²) in [5.74, 6) is 1.43. The van der Waals surface area contributed by atoms with Crippen LogP contribution in [0.15, 0.2) is 36.8 Å². The second-order valence-electron chi connectivity index (χ2n) is 5.71. The van der Waals surface area contributed by atoms with Crippen molar-refractivity contribution >= 4 is 17.3 Å². The van der Waals surface area contributed by atoms with Crippen LogP contribution in [-0.4, -0.2) is 45.4 Å². The van der Waals surface area contributed by atoms with Gasteiger partial charge in [0.25, 0.3) is 0 Å². The largest absolute Gasteiger partial charge is 0.384 e. The number of rotatable bonds is 2. The maximum Gasteiger partial charge on any atom is 0.165 e. The molecule has 0 bridgehead atoms. The summed E-state index contributed by atoms with van der Waals surface area (Å²) in [6, 6.07) is 5.74. The molecular weight excluding hydrogens is 292 g/mol. The molecule has 0 radical (unpaired) electrons. The number of hydrogen-bond acceptors (Lipinski definition) is 6. The minimum atomic E-state index is 0.214. The van der Waals surface area contributed by atoms with E-state index in [1.54, 1.807) is 10.7 Å². The van der Waals surface area contributed by atoms with E-state index in [0.29, 0.717) is 5.82 Å². The molecular formula is C16H18N6O. The van der Waals surface area contributed by atoms with Gasteiger partial charge >= 0.3 is 0 Å². The summed E-state index contributed by atoms with van der Waals surface area (Å²) in [4.78, 5) is 11.1. The van der Waals surface area contributed by atoms with E-state index < -0.39 is 0 Å². The molecule has 7 heteroatoms. The van der Waals surface area contributed by atoms with E-state index in [1.165, 1.54) is 0 Å². The van der Waals surface area contributed by atoms with E-state index in [1.807, 2.05) is 30.6 Å². The Morgan fingerprint density at radius 3 is 3.09 bits per heavy atom. The SMILES string of the molecule is CC1CN(c2ccn3ncc(-c4ccnc(N)c4)c3n2)CCO1. The molecule has 118 valence electrons. The number of aromatic nitrogens is 4. The standard InChI is InChI=1S/C16H18N6O/c1-11-10-21(6-7-23-11)15-3-5-22-16(20-15)13(9-19-22)12-2-4-18-14(17)8-12/h2-5,8-9,11H,6-7,10H2,1H3,(H2,17,18). The molecule has 3 aromatic rings. The summed E-state index contributed by atoms with van der Waals surface area (Å²) < 4.78 is 7.38. The van der Waals surface area contributed by atoms with Crippen molar-refractivity contribution in [1.82, 2.24) is 19.6 Å². The number of fused-ring (bicyclic) bond motifs is 1. The topological polar surface area (TPSA) is 81.6 Å². The number of hydrogen-bond donors (Lipinski definition) is 1. The molecule has 2 N–H and O–H groups in total. The van der Waals surface area contributed by atoms with E-state index in [0.717, 1.165) is 42.3 Å². The predicted molar refractivity (Wildman–Crippen MR) is 88.3 cm³/mol. The molecule has 4 heterocycles. The number of anilines is 2. The van der Waals surface area contributed by atoms with Gasteiger partial charge in [0.15, 0.2) is 5.65 Å². The Morgan fingerprint density at radius 1 is 1.35 bits per heavy atom. The fourth-order valence-corrected chi connectivity index (χ4v) is 2.88. The third-order valence-electron chi connectivity index (χ3n) is 4.01. The van der Waals surface area contributed by atoms with E-state index in [-0.39, 0.29) is 6.10 Å². The van der Waals surface area contributed by atoms with Crippen molar-refractivity contribution in [3.05, 3.63) is 36.8 Å². The van der Waals surface area contributed by atoms with Crippen molar-refractivity contribution in [2.75, 3.05) is 30.3 Å². The lowest BCUT2D eigenvalue weighted by atomic mass is 10.1. The Bertz CT molecular complexity index is 845. The maximum absolute atomic E-state index is 5.79. The number of pyridine rings is 1. The number of ether oxygens (including phenoxy) is 1. The van der Waals surface area contributed by atoms with Crippen LogP contribution in [0.3, 0.4) is 0 Å². The Balaban J connectivity index is 1.77. The van der Waals surface area contributed by atoms with Gasteiger partial charge in [-0.1, -0.05) is 0 Å². The smallest absolute Gasteiger partial charge is 0.165 e. The van der Waals surface area contributed by atoms with Crippen LogP contribution in [0, 0.1) is 0 Å². The van der Waals surface area contributed by atoms with Gasteiger partial charge in [0.2, 0.25) is 0 Å². The average Bonchev–Trinajstić information content (AvgIpc) is 2.98. The van der Waals surface area contributed by atoms with Gasteiger partial charge in [-0.2, -0.15) is 5.10 Å². The second kappa shape index (κ2) is 5.51. The molecule has 0 spiro atoms. The zero-order valence-corrected chi connectivity index (χ0v) is 12.9. The van der Waals surface area contributed by atoms with Crippen LogP contribution < -0.4 is 10.6 Å². The van der Waals surface area contributed by atoms with Crippen LogP contribution in [0.1, 0.15) is 6.92 Å². The molecule has 1 aliphatic rings. The summed E-state index contributed by atoms with van der Waals surface area (Å²) >= 11 is 0. The molecule has 23 heavy (non-hydrogen) atoms. The Kier molecular flexibility index (Phi) is 3.34. The molecule has 0 saturated carbocycles. The summed E-state index contributed by atoms with van der Waals surface area (Å²) in [5.41, 5.74) is 8.51. The number of nitrogens with two attached hydrogens (primary N) is 1. The first kappa shape index (κ1) is 14.0. The molecule has 7 nitrogen and oxygen atoms in total. The van der Waals surface area contributed by atoms with Gasteiger partial charge < -0.3 is 15.4 Å². The van der Waals surface area contributed by atoms with Gasteiger partial charge in [0.1, 0.15) is 11.6 Å².